The van der Waals surface area contributed by atoms with Crippen LogP contribution in [0.2, 0.25) is 0 Å². The van der Waals surface area contributed by atoms with Crippen LogP contribution in [0.25, 0.3) is 0 Å². The topological polar surface area (TPSA) is 67.0 Å². The number of rotatable bonds is 5. The number of ether oxygens (including phenoxy) is 1. The summed E-state index contributed by atoms with van der Waals surface area (Å²) in [5, 5.41) is 3.08. The number of H-pyrrole nitrogens is 1. The molecule has 0 aliphatic rings. The minimum absolute atomic E-state index is 0.202. The molecule has 1 aromatic rings. The van der Waals surface area contributed by atoms with Gasteiger partial charge in [-0.05, 0) is 36.7 Å². The van der Waals surface area contributed by atoms with Crippen molar-refractivity contribution in [3.63, 3.8) is 0 Å². The maximum atomic E-state index is 11.3. The third-order valence-corrected chi connectivity index (χ3v) is 2.75. The van der Waals surface area contributed by atoms with E-state index in [0.29, 0.717) is 23.4 Å². The Morgan fingerprint density at radius 3 is 2.94 bits per heavy atom. The maximum absolute atomic E-state index is 11.3. The monoisotopic (exact) mass is 289 g/mol. The minimum Gasteiger partial charge on any atom is -0.374 e. The molecule has 0 atom stereocenters. The first-order valence-corrected chi connectivity index (χ1v) is 5.86. The molecule has 0 fully saturated rings. The largest absolute Gasteiger partial charge is 0.374 e. The third-order valence-electron chi connectivity index (χ3n) is 2.01. The highest BCUT2D eigenvalue weighted by atomic mass is 79.9. The molecule has 0 unspecified atom stereocenters. The van der Waals surface area contributed by atoms with Gasteiger partial charge in [0.1, 0.15) is 10.3 Å². The molecular formula is C10H16BrN3O2. The summed E-state index contributed by atoms with van der Waals surface area (Å²) in [4.78, 5) is 17.8. The van der Waals surface area contributed by atoms with Gasteiger partial charge in [0.15, 0.2) is 0 Å². The molecule has 6 heteroatoms. The SMILES string of the molecule is CCOC(C)(C)CNc1nc[nH]c(=O)c1Br. The first-order valence-electron chi connectivity index (χ1n) is 5.07. The van der Waals surface area contributed by atoms with Crippen molar-refractivity contribution in [2.75, 3.05) is 18.5 Å². The average molecular weight is 290 g/mol. The van der Waals surface area contributed by atoms with Gasteiger partial charge in [-0.25, -0.2) is 4.98 Å². The molecule has 0 spiro atoms. The predicted octanol–water partition coefficient (Wildman–Crippen LogP) is 1.76. The molecule has 90 valence electrons. The molecule has 0 bridgehead atoms. The van der Waals surface area contributed by atoms with Crippen molar-refractivity contribution >= 4 is 21.7 Å². The second-order valence-corrected chi connectivity index (χ2v) is 4.73. The van der Waals surface area contributed by atoms with Gasteiger partial charge < -0.3 is 15.0 Å². The van der Waals surface area contributed by atoms with Crippen LogP contribution in [0, 0.1) is 0 Å². The fraction of sp³-hybridized carbons (Fsp3) is 0.600. The molecule has 0 saturated heterocycles. The Morgan fingerprint density at radius 1 is 1.62 bits per heavy atom. The Balaban J connectivity index is 2.68. The Hall–Kier alpha value is -0.880. The summed E-state index contributed by atoms with van der Waals surface area (Å²) in [5.41, 5.74) is -0.495. The quantitative estimate of drug-likeness (QED) is 0.867. The highest BCUT2D eigenvalue weighted by Crippen LogP contribution is 2.16. The molecule has 1 rings (SSSR count). The number of hydrogen-bond acceptors (Lipinski definition) is 4. The number of aromatic nitrogens is 2. The summed E-state index contributed by atoms with van der Waals surface area (Å²) in [6.07, 6.45) is 1.36. The van der Waals surface area contributed by atoms with Gasteiger partial charge in [0.25, 0.3) is 5.56 Å². The summed E-state index contributed by atoms with van der Waals surface area (Å²) in [6, 6.07) is 0. The van der Waals surface area contributed by atoms with Crippen molar-refractivity contribution in [2.24, 2.45) is 0 Å². The molecule has 0 aromatic carbocycles. The average Bonchev–Trinajstić information content (AvgIpc) is 2.20. The molecule has 0 aliphatic carbocycles. The van der Waals surface area contributed by atoms with Crippen LogP contribution in [0.5, 0.6) is 0 Å². The molecule has 0 radical (unpaired) electrons. The van der Waals surface area contributed by atoms with E-state index in [1.165, 1.54) is 6.33 Å². The van der Waals surface area contributed by atoms with E-state index in [-0.39, 0.29) is 11.2 Å². The lowest BCUT2D eigenvalue weighted by atomic mass is 10.1. The van der Waals surface area contributed by atoms with E-state index in [9.17, 15) is 4.79 Å². The molecule has 0 aliphatic heterocycles. The van der Waals surface area contributed by atoms with Gasteiger partial charge in [-0.1, -0.05) is 0 Å². The molecule has 16 heavy (non-hydrogen) atoms. The van der Waals surface area contributed by atoms with Crippen LogP contribution in [0.4, 0.5) is 5.82 Å². The number of hydrogen-bond donors (Lipinski definition) is 2. The zero-order valence-corrected chi connectivity index (χ0v) is 11.2. The lowest BCUT2D eigenvalue weighted by molar-refractivity contribution is 0.000629. The van der Waals surface area contributed by atoms with Crippen LogP contribution in [-0.2, 0) is 4.74 Å². The maximum Gasteiger partial charge on any atom is 0.267 e. The summed E-state index contributed by atoms with van der Waals surface area (Å²) in [5.74, 6) is 0.525. The van der Waals surface area contributed by atoms with Crippen molar-refractivity contribution in [3.05, 3.63) is 21.2 Å². The Labute approximate surface area is 103 Å². The first kappa shape index (κ1) is 13.2. The predicted molar refractivity (Wildman–Crippen MR) is 66.8 cm³/mol. The van der Waals surface area contributed by atoms with Gasteiger partial charge in [-0.2, -0.15) is 0 Å². The normalized spacial score (nSPS) is 11.5. The molecule has 0 amide bonds. The molecule has 5 nitrogen and oxygen atoms in total. The van der Waals surface area contributed by atoms with Crippen LogP contribution >= 0.6 is 15.9 Å². The van der Waals surface area contributed by atoms with Crippen molar-refractivity contribution in [1.29, 1.82) is 0 Å². The standard InChI is InChI=1S/C10H16BrN3O2/c1-4-16-10(2,3)5-12-8-7(11)9(15)14-6-13-8/h6H,4-5H2,1-3H3,(H2,12,13,14,15). The summed E-state index contributed by atoms with van der Waals surface area (Å²) >= 11 is 3.18. The van der Waals surface area contributed by atoms with E-state index in [1.54, 1.807) is 0 Å². The van der Waals surface area contributed by atoms with E-state index in [0.717, 1.165) is 0 Å². The van der Waals surface area contributed by atoms with Crippen LogP contribution in [-0.4, -0.2) is 28.7 Å². The Bertz CT molecular complexity index is 403. The van der Waals surface area contributed by atoms with Crippen LogP contribution in [0.15, 0.2) is 15.6 Å². The van der Waals surface area contributed by atoms with Gasteiger partial charge in [0.05, 0.1) is 11.9 Å². The number of halogens is 1. The van der Waals surface area contributed by atoms with Gasteiger partial charge in [-0.3, -0.25) is 4.79 Å². The van der Waals surface area contributed by atoms with E-state index < -0.39 is 0 Å². The fourth-order valence-electron chi connectivity index (χ4n) is 1.24. The second kappa shape index (κ2) is 5.45. The zero-order chi connectivity index (χ0) is 12.2. The zero-order valence-electron chi connectivity index (χ0n) is 9.63. The fourth-order valence-corrected chi connectivity index (χ4v) is 1.60. The van der Waals surface area contributed by atoms with E-state index in [4.69, 9.17) is 4.74 Å². The van der Waals surface area contributed by atoms with Crippen LogP contribution in [0.3, 0.4) is 0 Å². The highest BCUT2D eigenvalue weighted by molar-refractivity contribution is 9.10. The summed E-state index contributed by atoms with van der Waals surface area (Å²) in [6.45, 7) is 7.13. The minimum atomic E-state index is -0.293. The van der Waals surface area contributed by atoms with Gasteiger partial charge in [0.2, 0.25) is 0 Å². The van der Waals surface area contributed by atoms with E-state index >= 15 is 0 Å². The molecule has 1 aromatic heterocycles. The van der Waals surface area contributed by atoms with E-state index in [2.05, 4.69) is 31.2 Å². The Kier molecular flexibility index (Phi) is 4.49. The van der Waals surface area contributed by atoms with Gasteiger partial charge in [-0.15, -0.1) is 0 Å². The molecule has 0 saturated carbocycles. The number of anilines is 1. The van der Waals surface area contributed by atoms with Crippen molar-refractivity contribution in [3.8, 4) is 0 Å². The van der Waals surface area contributed by atoms with Crippen LogP contribution in [0.1, 0.15) is 20.8 Å². The lowest BCUT2D eigenvalue weighted by Crippen LogP contribution is -2.34. The smallest absolute Gasteiger partial charge is 0.267 e. The van der Waals surface area contributed by atoms with Crippen molar-refractivity contribution in [1.82, 2.24) is 9.97 Å². The van der Waals surface area contributed by atoms with Crippen LogP contribution < -0.4 is 10.9 Å². The van der Waals surface area contributed by atoms with E-state index in [1.807, 2.05) is 20.8 Å². The molecule has 1 heterocycles. The number of nitrogens with one attached hydrogen (secondary N) is 2. The molecular weight excluding hydrogens is 274 g/mol. The van der Waals surface area contributed by atoms with Gasteiger partial charge in [0, 0.05) is 13.2 Å². The highest BCUT2D eigenvalue weighted by Gasteiger charge is 2.18. The number of nitrogens with zero attached hydrogens (tertiary/aromatic N) is 1. The first-order chi connectivity index (χ1) is 7.46. The lowest BCUT2D eigenvalue weighted by Gasteiger charge is -2.25. The molecule has 2 N–H and O–H groups in total. The Morgan fingerprint density at radius 2 is 2.31 bits per heavy atom. The number of aromatic amines is 1. The second-order valence-electron chi connectivity index (χ2n) is 3.94. The third kappa shape index (κ3) is 3.61. The summed E-state index contributed by atoms with van der Waals surface area (Å²) < 4.78 is 5.93. The van der Waals surface area contributed by atoms with Crippen molar-refractivity contribution < 1.29 is 4.74 Å². The summed E-state index contributed by atoms with van der Waals surface area (Å²) in [7, 11) is 0. The van der Waals surface area contributed by atoms with Crippen molar-refractivity contribution in [2.45, 2.75) is 26.4 Å². The van der Waals surface area contributed by atoms with Gasteiger partial charge >= 0.3 is 0 Å².